The first-order chi connectivity index (χ1) is 10.3. The van der Waals surface area contributed by atoms with E-state index < -0.39 is 16.1 Å². The Kier molecular flexibility index (Phi) is 5.38. The van der Waals surface area contributed by atoms with Crippen LogP contribution in [0.15, 0.2) is 24.3 Å². The molecule has 1 aliphatic rings. The second-order valence-electron chi connectivity index (χ2n) is 5.42. The van der Waals surface area contributed by atoms with Crippen LogP contribution in [0.5, 0.6) is 0 Å². The number of sulfonamides is 1. The third kappa shape index (κ3) is 4.97. The molecule has 0 aliphatic carbocycles. The lowest BCUT2D eigenvalue weighted by molar-refractivity contribution is -0.119. The fourth-order valence-corrected chi connectivity index (χ4v) is 2.94. The summed E-state index contributed by atoms with van der Waals surface area (Å²) in [5.74, 6) is -0.172. The van der Waals surface area contributed by atoms with Crippen molar-refractivity contribution in [2.24, 2.45) is 11.7 Å². The molecule has 22 heavy (non-hydrogen) atoms. The van der Waals surface area contributed by atoms with Gasteiger partial charge >= 0.3 is 0 Å². The molecular weight excluding hydrogens is 306 g/mol. The standard InChI is InChI=1S/C14H21N3O4S/c1-22(19,20)17-12-4-2-3-11(9-12)16-14(18)13(15)10-5-7-21-8-6-10/h2-4,9-10,13,17H,5-8,15H2,1H3,(H,16,18). The molecule has 0 saturated carbocycles. The SMILES string of the molecule is CS(=O)(=O)Nc1cccc(NC(=O)C(N)C2CCOCC2)c1. The second kappa shape index (κ2) is 7.08. The zero-order valence-electron chi connectivity index (χ0n) is 12.4. The fraction of sp³-hybridized carbons (Fsp3) is 0.500. The van der Waals surface area contributed by atoms with Crippen LogP contribution in [-0.2, 0) is 19.6 Å². The number of carbonyl (C=O) groups is 1. The van der Waals surface area contributed by atoms with Gasteiger partial charge in [0.25, 0.3) is 0 Å². The van der Waals surface area contributed by atoms with Crippen molar-refractivity contribution in [3.05, 3.63) is 24.3 Å². The number of hydrogen-bond donors (Lipinski definition) is 3. The smallest absolute Gasteiger partial charge is 0.241 e. The number of carbonyl (C=O) groups excluding carboxylic acids is 1. The van der Waals surface area contributed by atoms with Crippen molar-refractivity contribution in [3.63, 3.8) is 0 Å². The monoisotopic (exact) mass is 327 g/mol. The molecule has 1 unspecified atom stereocenters. The maximum atomic E-state index is 12.2. The van der Waals surface area contributed by atoms with E-state index in [0.717, 1.165) is 19.1 Å². The number of amides is 1. The van der Waals surface area contributed by atoms with E-state index in [4.69, 9.17) is 10.5 Å². The van der Waals surface area contributed by atoms with Crippen LogP contribution in [0.3, 0.4) is 0 Å². The molecular formula is C14H21N3O4S. The Hall–Kier alpha value is -1.64. The van der Waals surface area contributed by atoms with E-state index in [1.807, 2.05) is 0 Å². The van der Waals surface area contributed by atoms with Gasteiger partial charge in [0.15, 0.2) is 0 Å². The van der Waals surface area contributed by atoms with Gasteiger partial charge in [-0.25, -0.2) is 8.42 Å². The number of benzene rings is 1. The molecule has 8 heteroatoms. The average Bonchev–Trinajstić information content (AvgIpc) is 2.46. The van der Waals surface area contributed by atoms with Gasteiger partial charge in [0.1, 0.15) is 0 Å². The maximum Gasteiger partial charge on any atom is 0.241 e. The number of ether oxygens (including phenoxy) is 1. The van der Waals surface area contributed by atoms with Gasteiger partial charge in [0.2, 0.25) is 15.9 Å². The molecule has 1 aromatic rings. The lowest BCUT2D eigenvalue weighted by Crippen LogP contribution is -2.44. The lowest BCUT2D eigenvalue weighted by Gasteiger charge is -2.26. The lowest BCUT2D eigenvalue weighted by atomic mass is 9.92. The van der Waals surface area contributed by atoms with Crippen molar-refractivity contribution < 1.29 is 17.9 Å². The van der Waals surface area contributed by atoms with E-state index >= 15 is 0 Å². The molecule has 1 atom stereocenters. The third-order valence-electron chi connectivity index (χ3n) is 3.51. The van der Waals surface area contributed by atoms with Gasteiger partial charge in [-0.3, -0.25) is 9.52 Å². The van der Waals surface area contributed by atoms with Gasteiger partial charge in [-0.15, -0.1) is 0 Å². The molecule has 4 N–H and O–H groups in total. The number of nitrogens with two attached hydrogens (primary N) is 1. The van der Waals surface area contributed by atoms with Crippen LogP contribution < -0.4 is 15.8 Å². The number of anilines is 2. The Balaban J connectivity index is 2.00. The molecule has 0 bridgehead atoms. The number of rotatable bonds is 5. The quantitative estimate of drug-likeness (QED) is 0.739. The molecule has 1 heterocycles. The highest BCUT2D eigenvalue weighted by Gasteiger charge is 2.26. The van der Waals surface area contributed by atoms with E-state index in [-0.39, 0.29) is 11.8 Å². The number of hydrogen-bond acceptors (Lipinski definition) is 5. The van der Waals surface area contributed by atoms with E-state index in [2.05, 4.69) is 10.0 Å². The molecule has 1 fully saturated rings. The molecule has 2 rings (SSSR count). The number of nitrogens with one attached hydrogen (secondary N) is 2. The third-order valence-corrected chi connectivity index (χ3v) is 4.12. The second-order valence-corrected chi connectivity index (χ2v) is 7.17. The highest BCUT2D eigenvalue weighted by molar-refractivity contribution is 7.92. The Morgan fingerprint density at radius 3 is 2.59 bits per heavy atom. The van der Waals surface area contributed by atoms with E-state index in [9.17, 15) is 13.2 Å². The molecule has 0 radical (unpaired) electrons. The van der Waals surface area contributed by atoms with Gasteiger partial charge in [0.05, 0.1) is 18.0 Å². The summed E-state index contributed by atoms with van der Waals surface area (Å²) in [6.45, 7) is 1.25. The molecule has 1 amide bonds. The largest absolute Gasteiger partial charge is 0.381 e. The predicted molar refractivity (Wildman–Crippen MR) is 85.1 cm³/mol. The Morgan fingerprint density at radius 2 is 1.95 bits per heavy atom. The summed E-state index contributed by atoms with van der Waals surface area (Å²) >= 11 is 0. The van der Waals surface area contributed by atoms with Crippen molar-refractivity contribution in [3.8, 4) is 0 Å². The first-order valence-electron chi connectivity index (χ1n) is 7.07. The van der Waals surface area contributed by atoms with Crippen LogP contribution in [0, 0.1) is 5.92 Å². The van der Waals surface area contributed by atoms with Crippen LogP contribution in [-0.4, -0.2) is 39.8 Å². The van der Waals surface area contributed by atoms with Crippen molar-refractivity contribution in [1.29, 1.82) is 0 Å². The minimum atomic E-state index is -3.36. The Bertz CT molecular complexity index is 627. The molecule has 1 aromatic carbocycles. The van der Waals surface area contributed by atoms with Crippen molar-refractivity contribution in [2.75, 3.05) is 29.5 Å². The van der Waals surface area contributed by atoms with E-state index in [1.165, 1.54) is 0 Å². The molecule has 1 saturated heterocycles. The predicted octanol–water partition coefficient (Wildman–Crippen LogP) is 0.750. The molecule has 0 aromatic heterocycles. The Labute approximate surface area is 130 Å². The van der Waals surface area contributed by atoms with Crippen LogP contribution in [0.4, 0.5) is 11.4 Å². The zero-order chi connectivity index (χ0) is 16.2. The Morgan fingerprint density at radius 1 is 1.32 bits per heavy atom. The minimum absolute atomic E-state index is 0.103. The zero-order valence-corrected chi connectivity index (χ0v) is 13.2. The summed E-state index contributed by atoms with van der Waals surface area (Å²) in [4.78, 5) is 12.2. The highest BCUT2D eigenvalue weighted by Crippen LogP contribution is 2.20. The normalized spacial score (nSPS) is 17.7. The van der Waals surface area contributed by atoms with Crippen molar-refractivity contribution >= 4 is 27.3 Å². The molecule has 1 aliphatic heterocycles. The minimum Gasteiger partial charge on any atom is -0.381 e. The van der Waals surface area contributed by atoms with Gasteiger partial charge in [-0.1, -0.05) is 6.07 Å². The van der Waals surface area contributed by atoms with Gasteiger partial charge in [-0.05, 0) is 37.0 Å². The maximum absolute atomic E-state index is 12.2. The average molecular weight is 327 g/mol. The molecule has 0 spiro atoms. The van der Waals surface area contributed by atoms with Crippen LogP contribution in [0.1, 0.15) is 12.8 Å². The van der Waals surface area contributed by atoms with Crippen LogP contribution >= 0.6 is 0 Å². The summed E-state index contributed by atoms with van der Waals surface area (Å²) in [5, 5.41) is 2.73. The summed E-state index contributed by atoms with van der Waals surface area (Å²) < 4.78 is 30.1. The fourth-order valence-electron chi connectivity index (χ4n) is 2.39. The van der Waals surface area contributed by atoms with Crippen LogP contribution in [0.2, 0.25) is 0 Å². The van der Waals surface area contributed by atoms with E-state index in [1.54, 1.807) is 24.3 Å². The van der Waals surface area contributed by atoms with Crippen LogP contribution in [0.25, 0.3) is 0 Å². The first kappa shape index (κ1) is 16.7. The van der Waals surface area contributed by atoms with Crippen molar-refractivity contribution in [2.45, 2.75) is 18.9 Å². The van der Waals surface area contributed by atoms with Crippen molar-refractivity contribution in [1.82, 2.24) is 0 Å². The molecule has 122 valence electrons. The summed E-state index contributed by atoms with van der Waals surface area (Å²) in [6.07, 6.45) is 2.60. The summed E-state index contributed by atoms with van der Waals surface area (Å²) in [7, 11) is -3.36. The topological polar surface area (TPSA) is 111 Å². The van der Waals surface area contributed by atoms with Gasteiger partial charge in [0, 0.05) is 18.9 Å². The first-order valence-corrected chi connectivity index (χ1v) is 8.96. The van der Waals surface area contributed by atoms with E-state index in [0.29, 0.717) is 24.6 Å². The van der Waals surface area contributed by atoms with Gasteiger partial charge in [-0.2, -0.15) is 0 Å². The summed E-state index contributed by atoms with van der Waals surface area (Å²) in [5.41, 5.74) is 6.89. The summed E-state index contributed by atoms with van der Waals surface area (Å²) in [6, 6.07) is 5.89. The molecule has 7 nitrogen and oxygen atoms in total. The van der Waals surface area contributed by atoms with Gasteiger partial charge < -0.3 is 15.8 Å². The highest BCUT2D eigenvalue weighted by atomic mass is 32.2.